The standard InChI is InChI=1S/C37H40FNO3/c38-31-8-10-32(11-9-31)39-22-18-30-25-33(40)12-15-35(30)36(39)24-28-6-13-34(14-7-28)42-23-19-27-16-20-37(41,21-17-27)26-29-4-2-1-3-5-29/h1-15,25,27,36,40-41H,16-24,26H2. The fourth-order valence-electron chi connectivity index (χ4n) is 6.80. The number of rotatable bonds is 9. The second-order valence-corrected chi connectivity index (χ2v) is 12.1. The summed E-state index contributed by atoms with van der Waals surface area (Å²) in [4.78, 5) is 2.34. The minimum atomic E-state index is -0.583. The molecular formula is C37H40FNO3. The van der Waals surface area contributed by atoms with Gasteiger partial charge in [-0.1, -0.05) is 48.5 Å². The first-order valence-electron chi connectivity index (χ1n) is 15.3. The number of aromatic hydroxyl groups is 1. The highest BCUT2D eigenvalue weighted by molar-refractivity contribution is 5.53. The maximum Gasteiger partial charge on any atom is 0.123 e. The van der Waals surface area contributed by atoms with E-state index in [1.807, 2.05) is 42.5 Å². The predicted octanol–water partition coefficient (Wildman–Crippen LogP) is 7.81. The molecule has 1 fully saturated rings. The van der Waals surface area contributed by atoms with Crippen molar-refractivity contribution in [3.8, 4) is 11.5 Å². The van der Waals surface area contributed by atoms with Gasteiger partial charge in [0.15, 0.2) is 0 Å². The molecule has 5 heteroatoms. The Balaban J connectivity index is 1.04. The monoisotopic (exact) mass is 565 g/mol. The summed E-state index contributed by atoms with van der Waals surface area (Å²) >= 11 is 0. The molecule has 1 heterocycles. The van der Waals surface area contributed by atoms with Crippen LogP contribution >= 0.6 is 0 Å². The Kier molecular flexibility index (Phi) is 8.48. The zero-order valence-electron chi connectivity index (χ0n) is 24.1. The summed E-state index contributed by atoms with van der Waals surface area (Å²) in [5.74, 6) is 1.52. The van der Waals surface area contributed by atoms with E-state index < -0.39 is 5.60 Å². The van der Waals surface area contributed by atoms with Crippen molar-refractivity contribution < 1.29 is 19.3 Å². The number of halogens is 1. The van der Waals surface area contributed by atoms with Crippen molar-refractivity contribution in [1.82, 2.24) is 0 Å². The fraction of sp³-hybridized carbons (Fsp3) is 0.351. The van der Waals surface area contributed by atoms with E-state index >= 15 is 0 Å². The fourth-order valence-corrected chi connectivity index (χ4v) is 6.80. The second kappa shape index (κ2) is 12.6. The molecule has 218 valence electrons. The van der Waals surface area contributed by atoms with E-state index in [0.29, 0.717) is 18.3 Å². The van der Waals surface area contributed by atoms with E-state index in [1.54, 1.807) is 6.07 Å². The Bertz CT molecular complexity index is 1450. The van der Waals surface area contributed by atoms with Gasteiger partial charge in [0.1, 0.15) is 17.3 Å². The van der Waals surface area contributed by atoms with E-state index in [2.05, 4.69) is 41.3 Å². The van der Waals surface area contributed by atoms with Crippen LogP contribution in [0.25, 0.3) is 0 Å². The lowest BCUT2D eigenvalue weighted by Gasteiger charge is -2.39. The largest absolute Gasteiger partial charge is 0.508 e. The molecule has 4 aromatic carbocycles. The van der Waals surface area contributed by atoms with E-state index in [1.165, 1.54) is 34.4 Å². The molecule has 1 unspecified atom stereocenters. The van der Waals surface area contributed by atoms with Crippen molar-refractivity contribution in [1.29, 1.82) is 0 Å². The molecule has 1 aliphatic heterocycles. The zero-order chi connectivity index (χ0) is 28.9. The van der Waals surface area contributed by atoms with Crippen molar-refractivity contribution in [3.05, 3.63) is 125 Å². The normalized spacial score (nSPS) is 22.0. The van der Waals surface area contributed by atoms with Crippen LogP contribution in [0.4, 0.5) is 10.1 Å². The average molecular weight is 566 g/mol. The number of fused-ring (bicyclic) bond motifs is 1. The van der Waals surface area contributed by atoms with Gasteiger partial charge in [0, 0.05) is 18.7 Å². The predicted molar refractivity (Wildman–Crippen MR) is 166 cm³/mol. The summed E-state index contributed by atoms with van der Waals surface area (Å²) in [6.45, 7) is 1.48. The molecule has 0 aromatic heterocycles. The molecule has 2 aliphatic rings. The molecule has 0 amide bonds. The molecule has 1 saturated carbocycles. The van der Waals surface area contributed by atoms with Crippen LogP contribution < -0.4 is 9.64 Å². The van der Waals surface area contributed by atoms with Crippen LogP contribution in [0.2, 0.25) is 0 Å². The van der Waals surface area contributed by atoms with Crippen molar-refractivity contribution >= 4 is 5.69 Å². The van der Waals surface area contributed by atoms with Crippen molar-refractivity contribution in [2.24, 2.45) is 5.92 Å². The number of nitrogens with zero attached hydrogens (tertiary/aromatic N) is 1. The third-order valence-corrected chi connectivity index (χ3v) is 9.20. The number of anilines is 1. The number of phenolic OH excluding ortho intramolecular Hbond substituents is 1. The molecule has 1 atom stereocenters. The highest BCUT2D eigenvalue weighted by Crippen LogP contribution is 2.38. The maximum atomic E-state index is 13.6. The smallest absolute Gasteiger partial charge is 0.123 e. The van der Waals surface area contributed by atoms with Gasteiger partial charge in [0.05, 0.1) is 18.2 Å². The number of hydrogen-bond donors (Lipinski definition) is 2. The lowest BCUT2D eigenvalue weighted by Crippen LogP contribution is -2.36. The Morgan fingerprint density at radius 2 is 1.60 bits per heavy atom. The molecular weight excluding hydrogens is 525 g/mol. The molecule has 0 bridgehead atoms. The first-order chi connectivity index (χ1) is 20.4. The molecule has 0 spiro atoms. The number of hydrogen-bond acceptors (Lipinski definition) is 4. The highest BCUT2D eigenvalue weighted by Gasteiger charge is 2.33. The van der Waals surface area contributed by atoms with E-state index in [9.17, 15) is 14.6 Å². The number of ether oxygens (including phenoxy) is 1. The molecule has 4 nitrogen and oxygen atoms in total. The summed E-state index contributed by atoms with van der Waals surface area (Å²) in [5.41, 5.74) is 5.19. The van der Waals surface area contributed by atoms with Gasteiger partial charge in [0.2, 0.25) is 0 Å². The van der Waals surface area contributed by atoms with E-state index in [-0.39, 0.29) is 11.9 Å². The zero-order valence-corrected chi connectivity index (χ0v) is 24.1. The highest BCUT2D eigenvalue weighted by atomic mass is 19.1. The van der Waals surface area contributed by atoms with Crippen LogP contribution in [0.1, 0.15) is 60.4 Å². The van der Waals surface area contributed by atoms with Crippen molar-refractivity contribution in [3.63, 3.8) is 0 Å². The number of aliphatic hydroxyl groups is 1. The van der Waals surface area contributed by atoms with Gasteiger partial charge < -0.3 is 19.8 Å². The summed E-state index contributed by atoms with van der Waals surface area (Å²) in [6, 6.07) is 31.1. The first-order valence-corrected chi connectivity index (χ1v) is 15.3. The van der Waals surface area contributed by atoms with Crippen LogP contribution in [0.5, 0.6) is 11.5 Å². The van der Waals surface area contributed by atoms with Crippen molar-refractivity contribution in [2.75, 3.05) is 18.1 Å². The molecule has 1 aliphatic carbocycles. The molecule has 2 N–H and O–H groups in total. The Labute approximate surface area is 248 Å². The topological polar surface area (TPSA) is 52.9 Å². The third kappa shape index (κ3) is 6.79. The van der Waals surface area contributed by atoms with Gasteiger partial charge >= 0.3 is 0 Å². The molecule has 0 saturated heterocycles. The van der Waals surface area contributed by atoms with Crippen LogP contribution in [-0.4, -0.2) is 29.0 Å². The van der Waals surface area contributed by atoms with Crippen LogP contribution in [0.15, 0.2) is 97.1 Å². The summed E-state index contributed by atoms with van der Waals surface area (Å²) in [6.07, 6.45) is 7.14. The van der Waals surface area contributed by atoms with E-state index in [4.69, 9.17) is 4.74 Å². The Morgan fingerprint density at radius 1 is 0.857 bits per heavy atom. The number of benzene rings is 4. The molecule has 4 aromatic rings. The summed E-state index contributed by atoms with van der Waals surface area (Å²) in [7, 11) is 0. The third-order valence-electron chi connectivity index (χ3n) is 9.20. The van der Waals surface area contributed by atoms with Crippen LogP contribution in [0, 0.1) is 11.7 Å². The van der Waals surface area contributed by atoms with Crippen molar-refractivity contribution in [2.45, 2.75) is 63.0 Å². The SMILES string of the molecule is Oc1ccc2c(c1)CCN(c1ccc(F)cc1)C2Cc1ccc(OCCC2CCC(O)(Cc3ccccc3)CC2)cc1. The Morgan fingerprint density at radius 3 is 2.33 bits per heavy atom. The van der Waals surface area contributed by atoms with Gasteiger partial charge in [-0.3, -0.25) is 0 Å². The number of phenols is 1. The molecule has 42 heavy (non-hydrogen) atoms. The average Bonchev–Trinajstić information content (AvgIpc) is 3.00. The van der Waals surface area contributed by atoms with Gasteiger partial charge in [-0.05, 0) is 122 Å². The van der Waals surface area contributed by atoms with E-state index in [0.717, 1.165) is 69.3 Å². The molecule has 0 radical (unpaired) electrons. The van der Waals surface area contributed by atoms with Gasteiger partial charge in [0.25, 0.3) is 0 Å². The van der Waals surface area contributed by atoms with Gasteiger partial charge in [-0.25, -0.2) is 4.39 Å². The lowest BCUT2D eigenvalue weighted by atomic mass is 9.75. The summed E-state index contributed by atoms with van der Waals surface area (Å²) < 4.78 is 19.8. The van der Waals surface area contributed by atoms with Crippen LogP contribution in [-0.2, 0) is 19.3 Å². The van der Waals surface area contributed by atoms with Crippen LogP contribution in [0.3, 0.4) is 0 Å². The maximum absolute atomic E-state index is 13.6. The lowest BCUT2D eigenvalue weighted by molar-refractivity contribution is -0.0112. The summed E-state index contributed by atoms with van der Waals surface area (Å²) in [5, 5.41) is 21.1. The van der Waals surface area contributed by atoms with Gasteiger partial charge in [-0.2, -0.15) is 0 Å². The minimum Gasteiger partial charge on any atom is -0.508 e. The second-order valence-electron chi connectivity index (χ2n) is 12.1. The molecule has 6 rings (SSSR count). The Hall–Kier alpha value is -3.83. The minimum absolute atomic E-state index is 0.0819. The quantitative estimate of drug-likeness (QED) is 0.217. The van der Waals surface area contributed by atoms with Gasteiger partial charge in [-0.15, -0.1) is 0 Å². The first kappa shape index (κ1) is 28.3.